The van der Waals surface area contributed by atoms with Gasteiger partial charge in [-0.3, -0.25) is 14.5 Å². The van der Waals surface area contributed by atoms with Gasteiger partial charge in [-0.1, -0.05) is 25.0 Å². The largest absolute Gasteiger partial charge is 0.435 e. The molecule has 0 bridgehead atoms. The van der Waals surface area contributed by atoms with Gasteiger partial charge in [0, 0.05) is 6.04 Å². The number of carbonyl (C=O) groups is 3. The summed E-state index contributed by atoms with van der Waals surface area (Å²) >= 11 is 0. The number of halogens is 2. The number of carbonyl (C=O) groups excluding carboxylic acids is 3. The quantitative estimate of drug-likeness (QED) is 0.739. The summed E-state index contributed by atoms with van der Waals surface area (Å²) in [5.41, 5.74) is -0.977. The minimum absolute atomic E-state index is 0.0538. The number of hydrogen-bond acceptors (Lipinski definition) is 4. The van der Waals surface area contributed by atoms with Crippen LogP contribution >= 0.6 is 0 Å². The second-order valence-electron chi connectivity index (χ2n) is 6.90. The SMILES string of the molecule is C[C@]1(c2ccc(OC(F)F)cc2)NC(=O)N(CC(=O)NC2CCCC2)C1=O. The molecule has 0 radical (unpaired) electrons. The summed E-state index contributed by atoms with van der Waals surface area (Å²) in [7, 11) is 0. The maximum absolute atomic E-state index is 12.8. The van der Waals surface area contributed by atoms with E-state index in [1.807, 2.05) is 0 Å². The van der Waals surface area contributed by atoms with Crippen molar-refractivity contribution in [2.24, 2.45) is 0 Å². The van der Waals surface area contributed by atoms with Crippen LogP contribution in [0, 0.1) is 0 Å². The molecule has 1 saturated heterocycles. The van der Waals surface area contributed by atoms with Crippen molar-refractivity contribution in [1.29, 1.82) is 0 Å². The fourth-order valence-corrected chi connectivity index (χ4v) is 3.49. The van der Waals surface area contributed by atoms with Gasteiger partial charge >= 0.3 is 12.6 Å². The Kier molecular flexibility index (Phi) is 5.29. The first-order chi connectivity index (χ1) is 12.8. The Bertz CT molecular complexity index is 735. The highest BCUT2D eigenvalue weighted by Gasteiger charge is 2.49. The fourth-order valence-electron chi connectivity index (χ4n) is 3.49. The van der Waals surface area contributed by atoms with Gasteiger partial charge in [-0.2, -0.15) is 8.78 Å². The third-order valence-corrected chi connectivity index (χ3v) is 4.95. The number of amides is 4. The normalized spacial score (nSPS) is 23.0. The molecule has 1 aliphatic carbocycles. The van der Waals surface area contributed by atoms with Crippen molar-refractivity contribution >= 4 is 17.8 Å². The maximum Gasteiger partial charge on any atom is 0.387 e. The second-order valence-corrected chi connectivity index (χ2v) is 6.90. The van der Waals surface area contributed by atoms with Gasteiger partial charge < -0.3 is 15.4 Å². The molecule has 1 aromatic rings. The van der Waals surface area contributed by atoms with Crippen LogP contribution in [0.4, 0.5) is 13.6 Å². The molecule has 7 nitrogen and oxygen atoms in total. The third-order valence-electron chi connectivity index (χ3n) is 4.95. The van der Waals surface area contributed by atoms with Crippen LogP contribution < -0.4 is 15.4 Å². The lowest BCUT2D eigenvalue weighted by Crippen LogP contribution is -2.45. The molecule has 0 aromatic heterocycles. The Morgan fingerprint density at radius 1 is 1.30 bits per heavy atom. The van der Waals surface area contributed by atoms with E-state index in [-0.39, 0.29) is 24.2 Å². The Labute approximate surface area is 155 Å². The number of imide groups is 1. The van der Waals surface area contributed by atoms with Gasteiger partial charge in [-0.15, -0.1) is 0 Å². The van der Waals surface area contributed by atoms with Gasteiger partial charge in [0.15, 0.2) is 0 Å². The average molecular weight is 381 g/mol. The van der Waals surface area contributed by atoms with E-state index in [0.29, 0.717) is 5.56 Å². The molecule has 0 spiro atoms. The molecule has 1 atom stereocenters. The summed E-state index contributed by atoms with van der Waals surface area (Å²) < 4.78 is 28.8. The highest BCUT2D eigenvalue weighted by Crippen LogP contribution is 2.30. The molecule has 2 aliphatic rings. The molecule has 1 heterocycles. The lowest BCUT2D eigenvalue weighted by molar-refractivity contribution is -0.135. The fraction of sp³-hybridized carbons (Fsp3) is 0.500. The van der Waals surface area contributed by atoms with E-state index in [0.717, 1.165) is 30.6 Å². The number of rotatable bonds is 6. The first kappa shape index (κ1) is 19.1. The zero-order valence-corrected chi connectivity index (χ0v) is 14.8. The number of nitrogens with zero attached hydrogens (tertiary/aromatic N) is 1. The zero-order valence-electron chi connectivity index (χ0n) is 14.8. The first-order valence-corrected chi connectivity index (χ1v) is 8.78. The molecule has 3 rings (SSSR count). The number of benzene rings is 1. The summed E-state index contributed by atoms with van der Waals surface area (Å²) in [6, 6.07) is 4.86. The van der Waals surface area contributed by atoms with Crippen molar-refractivity contribution in [2.45, 2.75) is 50.8 Å². The topological polar surface area (TPSA) is 87.7 Å². The molecule has 0 unspecified atom stereocenters. The predicted molar refractivity (Wildman–Crippen MR) is 91.1 cm³/mol. The molecule has 146 valence electrons. The van der Waals surface area contributed by atoms with Crippen LogP contribution in [0.5, 0.6) is 5.75 Å². The van der Waals surface area contributed by atoms with Gasteiger partial charge in [0.05, 0.1) is 0 Å². The van der Waals surface area contributed by atoms with Crippen LogP contribution in [0.3, 0.4) is 0 Å². The minimum atomic E-state index is -2.95. The van der Waals surface area contributed by atoms with Crippen LogP contribution in [0.1, 0.15) is 38.2 Å². The summed E-state index contributed by atoms with van der Waals surface area (Å²) in [5.74, 6) is -1.01. The van der Waals surface area contributed by atoms with Crippen LogP contribution in [-0.2, 0) is 15.1 Å². The standard InChI is InChI=1S/C18H21F2N3O4/c1-18(11-6-8-13(9-7-11)27-16(19)20)15(25)23(17(26)22-18)10-14(24)21-12-4-2-3-5-12/h6-9,12,16H,2-5,10H2,1H3,(H,21,24)(H,22,26)/t18-/m1/s1. The van der Waals surface area contributed by atoms with Gasteiger partial charge in [0.1, 0.15) is 17.8 Å². The molecule has 27 heavy (non-hydrogen) atoms. The molecule has 2 fully saturated rings. The number of urea groups is 1. The lowest BCUT2D eigenvalue weighted by Gasteiger charge is -2.22. The van der Waals surface area contributed by atoms with Crippen molar-refractivity contribution in [1.82, 2.24) is 15.5 Å². The van der Waals surface area contributed by atoms with E-state index in [9.17, 15) is 23.2 Å². The molecule has 1 aromatic carbocycles. The van der Waals surface area contributed by atoms with Crippen molar-refractivity contribution in [3.05, 3.63) is 29.8 Å². The molecular weight excluding hydrogens is 360 g/mol. The second kappa shape index (κ2) is 7.50. The molecule has 4 amide bonds. The molecule has 1 saturated carbocycles. The van der Waals surface area contributed by atoms with Crippen LogP contribution in [0.25, 0.3) is 0 Å². The lowest BCUT2D eigenvalue weighted by atomic mass is 9.92. The monoisotopic (exact) mass is 381 g/mol. The van der Waals surface area contributed by atoms with Crippen LogP contribution in [0.15, 0.2) is 24.3 Å². The van der Waals surface area contributed by atoms with Crippen LogP contribution in [-0.4, -0.2) is 41.9 Å². The molecule has 9 heteroatoms. The summed E-state index contributed by atoms with van der Waals surface area (Å²) in [6.07, 6.45) is 3.90. The van der Waals surface area contributed by atoms with Gasteiger partial charge in [-0.25, -0.2) is 4.79 Å². The predicted octanol–water partition coefficient (Wildman–Crippen LogP) is 2.11. The van der Waals surface area contributed by atoms with Crippen molar-refractivity contribution in [2.75, 3.05) is 6.54 Å². The summed E-state index contributed by atoms with van der Waals surface area (Å²) in [5, 5.41) is 5.41. The van der Waals surface area contributed by atoms with Crippen molar-refractivity contribution in [3.63, 3.8) is 0 Å². The van der Waals surface area contributed by atoms with Gasteiger partial charge in [0.2, 0.25) is 5.91 Å². The zero-order chi connectivity index (χ0) is 19.6. The maximum atomic E-state index is 12.8. The number of hydrogen-bond donors (Lipinski definition) is 2. The number of ether oxygens (including phenoxy) is 1. The van der Waals surface area contributed by atoms with Crippen molar-refractivity contribution < 1.29 is 27.9 Å². The smallest absolute Gasteiger partial charge is 0.387 e. The van der Waals surface area contributed by atoms with Gasteiger partial charge in [-0.05, 0) is 37.5 Å². The Balaban J connectivity index is 1.69. The molecule has 1 aliphatic heterocycles. The van der Waals surface area contributed by atoms with E-state index in [4.69, 9.17) is 0 Å². The Hall–Kier alpha value is -2.71. The van der Waals surface area contributed by atoms with Gasteiger partial charge in [0.25, 0.3) is 5.91 Å². The van der Waals surface area contributed by atoms with Crippen LogP contribution in [0.2, 0.25) is 0 Å². The highest BCUT2D eigenvalue weighted by molar-refractivity contribution is 6.09. The van der Waals surface area contributed by atoms with E-state index in [2.05, 4.69) is 15.4 Å². The number of alkyl halides is 2. The highest BCUT2D eigenvalue weighted by atomic mass is 19.3. The molecule has 2 N–H and O–H groups in total. The summed E-state index contributed by atoms with van der Waals surface area (Å²) in [6.45, 7) is -1.80. The third kappa shape index (κ3) is 4.01. The van der Waals surface area contributed by atoms with Crippen molar-refractivity contribution in [3.8, 4) is 5.75 Å². The number of nitrogens with one attached hydrogen (secondary N) is 2. The average Bonchev–Trinajstić information content (AvgIpc) is 3.18. The molecular formula is C18H21F2N3O4. The Morgan fingerprint density at radius 3 is 2.52 bits per heavy atom. The van der Waals surface area contributed by atoms with E-state index >= 15 is 0 Å². The Morgan fingerprint density at radius 2 is 1.93 bits per heavy atom. The first-order valence-electron chi connectivity index (χ1n) is 8.78. The van der Waals surface area contributed by atoms with E-state index in [1.54, 1.807) is 0 Å². The van der Waals surface area contributed by atoms with E-state index < -0.39 is 24.1 Å². The van der Waals surface area contributed by atoms with E-state index in [1.165, 1.54) is 31.2 Å². The minimum Gasteiger partial charge on any atom is -0.435 e. The summed E-state index contributed by atoms with van der Waals surface area (Å²) in [4.78, 5) is 38.1.